The minimum Gasteiger partial charge on any atom is -0.357 e. The molecular weight excluding hydrogens is 330 g/mol. The lowest BCUT2D eigenvalue weighted by Gasteiger charge is -2.11. The molecule has 0 atom stereocenters. The maximum atomic E-state index is 11.4. The van der Waals surface area contributed by atoms with Crippen LogP contribution in [0.15, 0.2) is 34.2 Å². The maximum Gasteiger partial charge on any atom is 0.191 e. The SMILES string of the molecule is CCNC(=NCc1ccc(S(C)(=O)=O)cc1)NCCCCSC. The highest BCUT2D eigenvalue weighted by molar-refractivity contribution is 7.98. The van der Waals surface area contributed by atoms with Gasteiger partial charge in [0.1, 0.15) is 0 Å². The Morgan fingerprint density at radius 2 is 1.87 bits per heavy atom. The highest BCUT2D eigenvalue weighted by atomic mass is 32.2. The number of benzene rings is 1. The normalized spacial score (nSPS) is 12.2. The first-order valence-electron chi connectivity index (χ1n) is 7.77. The van der Waals surface area contributed by atoms with Gasteiger partial charge in [-0.3, -0.25) is 0 Å². The van der Waals surface area contributed by atoms with Crippen LogP contribution in [-0.2, 0) is 16.4 Å². The van der Waals surface area contributed by atoms with Gasteiger partial charge in [0.05, 0.1) is 11.4 Å². The van der Waals surface area contributed by atoms with Crippen molar-refractivity contribution in [2.24, 2.45) is 4.99 Å². The smallest absolute Gasteiger partial charge is 0.191 e. The second kappa shape index (κ2) is 10.5. The van der Waals surface area contributed by atoms with Crippen molar-refractivity contribution >= 4 is 27.6 Å². The van der Waals surface area contributed by atoms with Gasteiger partial charge in [-0.05, 0) is 49.5 Å². The molecule has 0 aliphatic rings. The summed E-state index contributed by atoms with van der Waals surface area (Å²) in [5.41, 5.74) is 0.983. The highest BCUT2D eigenvalue weighted by Gasteiger charge is 2.06. The van der Waals surface area contributed by atoms with E-state index in [1.165, 1.54) is 18.4 Å². The molecule has 5 nitrogen and oxygen atoms in total. The van der Waals surface area contributed by atoms with Crippen molar-refractivity contribution < 1.29 is 8.42 Å². The van der Waals surface area contributed by atoms with Gasteiger partial charge in [0.15, 0.2) is 15.8 Å². The lowest BCUT2D eigenvalue weighted by atomic mass is 10.2. The summed E-state index contributed by atoms with van der Waals surface area (Å²) in [5.74, 6) is 1.98. The molecule has 23 heavy (non-hydrogen) atoms. The van der Waals surface area contributed by atoms with Gasteiger partial charge in [-0.1, -0.05) is 12.1 Å². The monoisotopic (exact) mass is 357 g/mol. The van der Waals surface area contributed by atoms with E-state index in [-0.39, 0.29) is 0 Å². The molecule has 0 aliphatic heterocycles. The van der Waals surface area contributed by atoms with Crippen molar-refractivity contribution in [3.63, 3.8) is 0 Å². The number of rotatable bonds is 9. The number of hydrogen-bond acceptors (Lipinski definition) is 4. The third kappa shape index (κ3) is 8.27. The summed E-state index contributed by atoms with van der Waals surface area (Å²) in [6, 6.07) is 6.87. The van der Waals surface area contributed by atoms with Crippen LogP contribution in [0.4, 0.5) is 0 Å². The fourth-order valence-corrected chi connectivity index (χ4v) is 3.06. The van der Waals surface area contributed by atoms with Crippen LogP contribution in [0.2, 0.25) is 0 Å². The molecule has 0 bridgehead atoms. The zero-order chi connectivity index (χ0) is 17.1. The first kappa shape index (κ1) is 19.8. The number of hydrogen-bond donors (Lipinski definition) is 2. The van der Waals surface area contributed by atoms with Crippen LogP contribution >= 0.6 is 11.8 Å². The minimum absolute atomic E-state index is 0.337. The number of unbranched alkanes of at least 4 members (excludes halogenated alkanes) is 1. The van der Waals surface area contributed by atoms with Crippen molar-refractivity contribution in [2.45, 2.75) is 31.2 Å². The van der Waals surface area contributed by atoms with Crippen LogP contribution in [0, 0.1) is 0 Å². The summed E-state index contributed by atoms with van der Waals surface area (Å²) in [6.07, 6.45) is 5.65. The van der Waals surface area contributed by atoms with Crippen LogP contribution in [0.1, 0.15) is 25.3 Å². The van der Waals surface area contributed by atoms with Crippen LogP contribution in [0.25, 0.3) is 0 Å². The molecule has 0 fully saturated rings. The van der Waals surface area contributed by atoms with Gasteiger partial charge < -0.3 is 10.6 Å². The van der Waals surface area contributed by atoms with Gasteiger partial charge in [-0.15, -0.1) is 0 Å². The number of guanidine groups is 1. The third-order valence-corrected chi connectivity index (χ3v) is 5.01. The Balaban J connectivity index is 2.55. The third-order valence-electron chi connectivity index (χ3n) is 3.18. The number of nitrogens with zero attached hydrogens (tertiary/aromatic N) is 1. The van der Waals surface area contributed by atoms with E-state index in [0.717, 1.165) is 31.0 Å². The van der Waals surface area contributed by atoms with Gasteiger partial charge in [0.25, 0.3) is 0 Å². The molecule has 130 valence electrons. The van der Waals surface area contributed by atoms with Gasteiger partial charge in [0, 0.05) is 19.3 Å². The largest absolute Gasteiger partial charge is 0.357 e. The fraction of sp³-hybridized carbons (Fsp3) is 0.562. The Labute approximate surface area is 144 Å². The van der Waals surface area contributed by atoms with Crippen LogP contribution in [0.5, 0.6) is 0 Å². The van der Waals surface area contributed by atoms with Crippen molar-refractivity contribution in [1.29, 1.82) is 0 Å². The molecule has 0 heterocycles. The van der Waals surface area contributed by atoms with E-state index >= 15 is 0 Å². The average molecular weight is 358 g/mol. The Kier molecular flexibility index (Phi) is 9.09. The molecule has 0 saturated heterocycles. The molecule has 0 spiro atoms. The van der Waals surface area contributed by atoms with Crippen molar-refractivity contribution in [3.8, 4) is 0 Å². The van der Waals surface area contributed by atoms with Crippen molar-refractivity contribution in [3.05, 3.63) is 29.8 Å². The number of nitrogens with one attached hydrogen (secondary N) is 2. The van der Waals surface area contributed by atoms with E-state index in [1.54, 1.807) is 12.1 Å². The fourth-order valence-electron chi connectivity index (χ4n) is 1.93. The standard InChI is InChI=1S/C16H27N3O2S2/c1-4-17-16(18-11-5-6-12-22-2)19-13-14-7-9-15(10-8-14)23(3,20)21/h7-10H,4-6,11-13H2,1-3H3,(H2,17,18,19). The number of sulfone groups is 1. The molecule has 0 amide bonds. The summed E-state index contributed by atoms with van der Waals surface area (Å²) in [7, 11) is -3.14. The number of aliphatic imine (C=N–C) groups is 1. The lowest BCUT2D eigenvalue weighted by molar-refractivity contribution is 0.602. The summed E-state index contributed by atoms with van der Waals surface area (Å²) in [5, 5.41) is 6.54. The molecule has 0 radical (unpaired) electrons. The molecule has 1 aromatic carbocycles. The molecule has 1 rings (SSSR count). The average Bonchev–Trinajstić information content (AvgIpc) is 2.52. The van der Waals surface area contributed by atoms with Gasteiger partial charge in [-0.2, -0.15) is 11.8 Å². The van der Waals surface area contributed by atoms with E-state index in [0.29, 0.717) is 11.4 Å². The predicted octanol–water partition coefficient (Wildman–Crippen LogP) is 2.29. The summed E-state index contributed by atoms with van der Waals surface area (Å²) in [4.78, 5) is 4.87. The Morgan fingerprint density at radius 1 is 1.17 bits per heavy atom. The molecule has 2 N–H and O–H groups in total. The van der Waals surface area contributed by atoms with E-state index in [1.807, 2.05) is 30.8 Å². The van der Waals surface area contributed by atoms with Gasteiger partial charge >= 0.3 is 0 Å². The molecule has 0 unspecified atom stereocenters. The summed E-state index contributed by atoms with van der Waals surface area (Å²) >= 11 is 1.86. The molecule has 7 heteroatoms. The maximum absolute atomic E-state index is 11.4. The first-order chi connectivity index (χ1) is 11.0. The summed E-state index contributed by atoms with van der Waals surface area (Å²) in [6.45, 7) is 4.26. The number of thioether (sulfide) groups is 1. The van der Waals surface area contributed by atoms with Crippen LogP contribution < -0.4 is 10.6 Å². The second-order valence-electron chi connectivity index (χ2n) is 5.24. The lowest BCUT2D eigenvalue weighted by Crippen LogP contribution is -2.37. The van der Waals surface area contributed by atoms with E-state index in [9.17, 15) is 8.42 Å². The predicted molar refractivity (Wildman–Crippen MR) is 100.0 cm³/mol. The van der Waals surface area contributed by atoms with Crippen LogP contribution in [0.3, 0.4) is 0 Å². The molecule has 1 aromatic rings. The molecule has 0 aromatic heterocycles. The highest BCUT2D eigenvalue weighted by Crippen LogP contribution is 2.10. The zero-order valence-electron chi connectivity index (χ0n) is 14.1. The van der Waals surface area contributed by atoms with E-state index < -0.39 is 9.84 Å². The van der Waals surface area contributed by atoms with Crippen molar-refractivity contribution in [2.75, 3.05) is 31.4 Å². The molecule has 0 aliphatic carbocycles. The first-order valence-corrected chi connectivity index (χ1v) is 11.1. The minimum atomic E-state index is -3.14. The van der Waals surface area contributed by atoms with Gasteiger partial charge in [0.2, 0.25) is 0 Å². The van der Waals surface area contributed by atoms with E-state index in [2.05, 4.69) is 21.9 Å². The van der Waals surface area contributed by atoms with E-state index in [4.69, 9.17) is 0 Å². The molecular formula is C16H27N3O2S2. The van der Waals surface area contributed by atoms with Crippen molar-refractivity contribution in [1.82, 2.24) is 10.6 Å². The zero-order valence-corrected chi connectivity index (χ0v) is 15.8. The summed E-state index contributed by atoms with van der Waals surface area (Å²) < 4.78 is 22.9. The quantitative estimate of drug-likeness (QED) is 0.403. The Morgan fingerprint density at radius 3 is 2.43 bits per heavy atom. The molecule has 0 saturated carbocycles. The second-order valence-corrected chi connectivity index (χ2v) is 8.24. The van der Waals surface area contributed by atoms with Crippen LogP contribution in [-0.4, -0.2) is 45.7 Å². The Hall–Kier alpha value is -1.21. The topological polar surface area (TPSA) is 70.6 Å². The van der Waals surface area contributed by atoms with Gasteiger partial charge in [-0.25, -0.2) is 13.4 Å². The Bertz CT molecular complexity index is 584.